The molecule has 148 valence electrons. The fourth-order valence-corrected chi connectivity index (χ4v) is 3.98. The molecule has 1 fully saturated rings. The second-order valence-electron chi connectivity index (χ2n) is 6.85. The summed E-state index contributed by atoms with van der Waals surface area (Å²) in [5.41, 5.74) is 7.68. The minimum absolute atomic E-state index is 0.134. The number of nitrogens with two attached hydrogens (primary N) is 1. The highest BCUT2D eigenvalue weighted by Crippen LogP contribution is 2.26. The van der Waals surface area contributed by atoms with Crippen LogP contribution in [0.15, 0.2) is 24.3 Å². The maximum atomic E-state index is 12.8. The van der Waals surface area contributed by atoms with E-state index in [0.29, 0.717) is 47.3 Å². The largest absolute Gasteiger partial charge is 0.369 e. The molecule has 4 amide bonds. The van der Waals surface area contributed by atoms with Gasteiger partial charge in [-0.3, -0.25) is 14.9 Å². The van der Waals surface area contributed by atoms with E-state index in [0.717, 1.165) is 16.9 Å². The van der Waals surface area contributed by atoms with Gasteiger partial charge in [-0.15, -0.1) is 0 Å². The van der Waals surface area contributed by atoms with Gasteiger partial charge < -0.3 is 16.0 Å². The number of amides is 4. The number of carbonyl (C=O) groups excluding carboxylic acids is 3. The molecule has 1 aromatic heterocycles. The summed E-state index contributed by atoms with van der Waals surface area (Å²) in [6.07, 6.45) is 1.14. The zero-order chi connectivity index (χ0) is 20.3. The fraction of sp³-hybridized carbons (Fsp3) is 0.368. The lowest BCUT2D eigenvalue weighted by Gasteiger charge is -2.30. The summed E-state index contributed by atoms with van der Waals surface area (Å²) in [6.45, 7) is 4.68. The molecule has 8 nitrogen and oxygen atoms in total. The van der Waals surface area contributed by atoms with Crippen molar-refractivity contribution in [1.29, 1.82) is 0 Å². The van der Waals surface area contributed by atoms with E-state index in [1.807, 2.05) is 31.2 Å². The fourth-order valence-electron chi connectivity index (χ4n) is 3.06. The maximum absolute atomic E-state index is 12.8. The van der Waals surface area contributed by atoms with Gasteiger partial charge in [0.15, 0.2) is 5.13 Å². The average Bonchev–Trinajstić information content (AvgIpc) is 3.03. The number of hydrogen-bond donors (Lipinski definition) is 3. The molecule has 0 atom stereocenters. The normalized spacial score (nSPS) is 14.6. The summed E-state index contributed by atoms with van der Waals surface area (Å²) >= 11 is 1.14. The van der Waals surface area contributed by atoms with Crippen LogP contribution in [0, 0.1) is 19.8 Å². The highest BCUT2D eigenvalue weighted by atomic mass is 32.1. The first kappa shape index (κ1) is 19.8. The molecule has 0 aliphatic carbocycles. The number of aryl methyl sites for hydroxylation is 2. The number of likely N-dealkylation sites (tertiary alicyclic amines) is 1. The van der Waals surface area contributed by atoms with Gasteiger partial charge in [0.2, 0.25) is 5.91 Å². The number of rotatable bonds is 4. The van der Waals surface area contributed by atoms with Gasteiger partial charge in [-0.05, 0) is 38.8 Å². The first-order valence-corrected chi connectivity index (χ1v) is 9.86. The molecule has 0 unspecified atom stereocenters. The lowest BCUT2D eigenvalue weighted by molar-refractivity contribution is -0.123. The van der Waals surface area contributed by atoms with Crippen molar-refractivity contribution >= 4 is 40.0 Å². The molecule has 0 spiro atoms. The summed E-state index contributed by atoms with van der Waals surface area (Å²) < 4.78 is 0. The monoisotopic (exact) mass is 401 g/mol. The van der Waals surface area contributed by atoms with Crippen molar-refractivity contribution in [3.63, 3.8) is 0 Å². The summed E-state index contributed by atoms with van der Waals surface area (Å²) in [6, 6.07) is 7.01. The number of urea groups is 1. The molecule has 0 radical (unpaired) electrons. The molecule has 0 saturated carbocycles. The second kappa shape index (κ2) is 8.39. The predicted octanol–water partition coefficient (Wildman–Crippen LogP) is 2.74. The third-order valence-electron chi connectivity index (χ3n) is 4.71. The van der Waals surface area contributed by atoms with Gasteiger partial charge in [0.05, 0.1) is 5.69 Å². The van der Waals surface area contributed by atoms with E-state index in [2.05, 4.69) is 15.6 Å². The zero-order valence-corrected chi connectivity index (χ0v) is 16.6. The zero-order valence-electron chi connectivity index (χ0n) is 15.8. The number of nitrogens with zero attached hydrogens (tertiary/aromatic N) is 2. The molecule has 1 aromatic carbocycles. The van der Waals surface area contributed by atoms with Crippen LogP contribution in [0.2, 0.25) is 0 Å². The number of nitrogens with one attached hydrogen (secondary N) is 2. The Balaban J connectivity index is 1.61. The van der Waals surface area contributed by atoms with E-state index in [4.69, 9.17) is 5.73 Å². The van der Waals surface area contributed by atoms with Crippen LogP contribution in [-0.2, 0) is 4.79 Å². The minimum Gasteiger partial charge on any atom is -0.369 e. The molecule has 1 aliphatic rings. The highest BCUT2D eigenvalue weighted by molar-refractivity contribution is 7.17. The number of primary amides is 1. The Morgan fingerprint density at radius 1 is 1.11 bits per heavy atom. The standard InChI is InChI=1S/C19H23N5O3S/c1-11-3-5-14(6-4-11)22-18(27)23-19-21-12(2)15(28-19)17(26)24-9-7-13(8-10-24)16(20)25/h3-6,13H,7-10H2,1-2H3,(H2,20,25)(H2,21,22,23,27). The van der Waals surface area contributed by atoms with Gasteiger partial charge >= 0.3 is 6.03 Å². The van der Waals surface area contributed by atoms with Crippen molar-refractivity contribution in [2.75, 3.05) is 23.7 Å². The smallest absolute Gasteiger partial charge is 0.325 e. The molecular formula is C19H23N5O3S. The Hall–Kier alpha value is -2.94. The number of piperidine rings is 1. The lowest BCUT2D eigenvalue weighted by Crippen LogP contribution is -2.41. The summed E-state index contributed by atoms with van der Waals surface area (Å²) in [7, 11) is 0. The Kier molecular flexibility index (Phi) is 5.93. The summed E-state index contributed by atoms with van der Waals surface area (Å²) in [5.74, 6) is -0.619. The van der Waals surface area contributed by atoms with E-state index >= 15 is 0 Å². The minimum atomic E-state index is -0.418. The Morgan fingerprint density at radius 2 is 1.75 bits per heavy atom. The maximum Gasteiger partial charge on any atom is 0.325 e. The molecule has 2 aromatic rings. The van der Waals surface area contributed by atoms with Crippen molar-refractivity contribution in [2.45, 2.75) is 26.7 Å². The molecule has 1 aliphatic heterocycles. The van der Waals surface area contributed by atoms with Gasteiger partial charge in [-0.2, -0.15) is 0 Å². The summed E-state index contributed by atoms with van der Waals surface area (Å²) in [4.78, 5) is 42.7. The number of hydrogen-bond acceptors (Lipinski definition) is 5. The van der Waals surface area contributed by atoms with Crippen LogP contribution in [-0.4, -0.2) is 40.8 Å². The van der Waals surface area contributed by atoms with E-state index in [1.165, 1.54) is 0 Å². The quantitative estimate of drug-likeness (QED) is 0.730. The van der Waals surface area contributed by atoms with E-state index in [-0.39, 0.29) is 17.7 Å². The Morgan fingerprint density at radius 3 is 2.36 bits per heavy atom. The Labute approximate surface area is 167 Å². The average molecular weight is 401 g/mol. The van der Waals surface area contributed by atoms with Gasteiger partial charge in [0.1, 0.15) is 4.88 Å². The SMILES string of the molecule is Cc1ccc(NC(=O)Nc2nc(C)c(C(=O)N3CCC(C(N)=O)CC3)s2)cc1. The number of anilines is 2. The third kappa shape index (κ3) is 4.66. The van der Waals surface area contributed by atoms with Crippen LogP contribution in [0.1, 0.15) is 33.8 Å². The second-order valence-corrected chi connectivity index (χ2v) is 7.85. The molecule has 4 N–H and O–H groups in total. The van der Waals surface area contributed by atoms with E-state index in [9.17, 15) is 14.4 Å². The van der Waals surface area contributed by atoms with Crippen LogP contribution < -0.4 is 16.4 Å². The molecule has 2 heterocycles. The number of thiazole rings is 1. The summed E-state index contributed by atoms with van der Waals surface area (Å²) in [5, 5.41) is 5.76. The van der Waals surface area contributed by atoms with Crippen LogP contribution >= 0.6 is 11.3 Å². The van der Waals surface area contributed by atoms with Gasteiger partial charge in [-0.1, -0.05) is 29.0 Å². The topological polar surface area (TPSA) is 117 Å². The van der Waals surface area contributed by atoms with Gasteiger partial charge in [0, 0.05) is 24.7 Å². The molecule has 1 saturated heterocycles. The van der Waals surface area contributed by atoms with Crippen LogP contribution in [0.5, 0.6) is 0 Å². The first-order valence-electron chi connectivity index (χ1n) is 9.04. The van der Waals surface area contributed by atoms with Crippen LogP contribution in [0.25, 0.3) is 0 Å². The van der Waals surface area contributed by atoms with Crippen molar-refractivity contribution < 1.29 is 14.4 Å². The Bertz CT molecular complexity index is 885. The molecule has 3 rings (SSSR count). The van der Waals surface area contributed by atoms with Crippen LogP contribution in [0.4, 0.5) is 15.6 Å². The van der Waals surface area contributed by atoms with Crippen LogP contribution in [0.3, 0.4) is 0 Å². The lowest BCUT2D eigenvalue weighted by atomic mass is 9.96. The number of carbonyl (C=O) groups is 3. The van der Waals surface area contributed by atoms with Crippen molar-refractivity contribution in [3.05, 3.63) is 40.4 Å². The molecule has 0 bridgehead atoms. The number of aromatic nitrogens is 1. The van der Waals surface area contributed by atoms with Crippen molar-refractivity contribution in [3.8, 4) is 0 Å². The molecule has 9 heteroatoms. The van der Waals surface area contributed by atoms with Gasteiger partial charge in [0.25, 0.3) is 5.91 Å². The third-order valence-corrected chi connectivity index (χ3v) is 5.77. The van der Waals surface area contributed by atoms with E-state index in [1.54, 1.807) is 11.8 Å². The van der Waals surface area contributed by atoms with Gasteiger partial charge in [-0.25, -0.2) is 9.78 Å². The highest BCUT2D eigenvalue weighted by Gasteiger charge is 2.28. The van der Waals surface area contributed by atoms with E-state index < -0.39 is 6.03 Å². The van der Waals surface area contributed by atoms with Crippen molar-refractivity contribution in [2.24, 2.45) is 11.7 Å². The molecule has 28 heavy (non-hydrogen) atoms. The number of benzene rings is 1. The predicted molar refractivity (Wildman–Crippen MR) is 108 cm³/mol. The van der Waals surface area contributed by atoms with Crippen molar-refractivity contribution in [1.82, 2.24) is 9.88 Å². The first-order chi connectivity index (χ1) is 13.3. The molecular weight excluding hydrogens is 378 g/mol.